The second-order valence-electron chi connectivity index (χ2n) is 1.89. The van der Waals surface area contributed by atoms with E-state index in [0.717, 1.165) is 14.2 Å². The van der Waals surface area contributed by atoms with Crippen molar-refractivity contribution in [1.29, 1.82) is 0 Å². The lowest BCUT2D eigenvalue weighted by molar-refractivity contribution is -0.00000144. The molecule has 0 heterocycles. The molecule has 1 unspecified atom stereocenters. The minimum atomic E-state index is 0. The molecule has 0 bridgehead atoms. The zero-order valence-electron chi connectivity index (χ0n) is 5.24. The number of hydrogen-bond donors (Lipinski definition) is 0. The highest BCUT2D eigenvalue weighted by Crippen LogP contribution is 2.15. The second kappa shape index (κ2) is 7.16. The minimum absolute atomic E-state index is 0. The summed E-state index contributed by atoms with van der Waals surface area (Å²) >= 11 is 0. The Labute approximate surface area is 65.3 Å². The fourth-order valence-electron chi connectivity index (χ4n) is 0.471. The van der Waals surface area contributed by atoms with Gasteiger partial charge in [-0.1, -0.05) is 0 Å². The van der Waals surface area contributed by atoms with Crippen LogP contribution in [-0.2, 0) is 0 Å². The molecule has 0 spiro atoms. The first-order chi connectivity index (χ1) is 2.77. The molecule has 0 aromatic heterocycles. The van der Waals surface area contributed by atoms with Crippen LogP contribution in [0.5, 0.6) is 0 Å². The Morgan fingerprint density at radius 3 is 1.86 bits per heavy atom. The van der Waals surface area contributed by atoms with Gasteiger partial charge in [-0.05, 0) is 29.4 Å². The monoisotopic (exact) mass is 232 g/mol. The normalized spacial score (nSPS) is 10.3. The van der Waals surface area contributed by atoms with Crippen LogP contribution in [0.25, 0.3) is 0 Å². The van der Waals surface area contributed by atoms with E-state index in [0.29, 0.717) is 0 Å². The van der Waals surface area contributed by atoms with Crippen LogP contribution in [0.2, 0.25) is 0 Å². The lowest BCUT2D eigenvalue weighted by Gasteiger charge is -1.88. The van der Waals surface area contributed by atoms with Crippen LogP contribution in [0.15, 0.2) is 0 Å². The molecule has 1 atom stereocenters. The van der Waals surface area contributed by atoms with Crippen molar-refractivity contribution in [2.75, 3.05) is 6.16 Å². The fourth-order valence-corrected chi connectivity index (χ4v) is 1.41. The van der Waals surface area contributed by atoms with Gasteiger partial charge in [-0.15, -0.1) is 0 Å². The molecular formula is C5H14IP. The maximum atomic E-state index is 2.29. The van der Waals surface area contributed by atoms with Crippen molar-refractivity contribution in [2.45, 2.75) is 26.4 Å². The van der Waals surface area contributed by atoms with Gasteiger partial charge in [0.1, 0.15) is 0 Å². The molecule has 0 amide bonds. The number of rotatable bonds is 2. The van der Waals surface area contributed by atoms with Crippen LogP contribution in [0.4, 0.5) is 0 Å². The van der Waals surface area contributed by atoms with E-state index < -0.39 is 0 Å². The maximum absolute atomic E-state index is 2.29. The molecule has 0 aromatic rings. The summed E-state index contributed by atoms with van der Waals surface area (Å²) in [6, 6.07) is 0. The van der Waals surface area contributed by atoms with Crippen molar-refractivity contribution >= 4 is 8.58 Å². The Morgan fingerprint density at radius 1 is 1.43 bits per heavy atom. The van der Waals surface area contributed by atoms with Gasteiger partial charge in [-0.25, -0.2) is 0 Å². The molecule has 0 aliphatic heterocycles. The van der Waals surface area contributed by atoms with Gasteiger partial charge < -0.3 is 24.0 Å². The third kappa shape index (κ3) is 11.0. The molecule has 0 saturated heterocycles. The van der Waals surface area contributed by atoms with Gasteiger partial charge in [0.15, 0.2) is 0 Å². The summed E-state index contributed by atoms with van der Waals surface area (Å²) in [5.41, 5.74) is 0.981. The zero-order valence-corrected chi connectivity index (χ0v) is 8.55. The predicted molar refractivity (Wildman–Crippen MR) is 35.4 cm³/mol. The van der Waals surface area contributed by atoms with E-state index in [2.05, 4.69) is 20.8 Å². The summed E-state index contributed by atoms with van der Waals surface area (Å²) in [5.74, 6) is 0. The maximum Gasteiger partial charge on any atom is 0.0596 e. The summed E-state index contributed by atoms with van der Waals surface area (Å²) in [4.78, 5) is 0. The molecule has 0 aliphatic rings. The van der Waals surface area contributed by atoms with E-state index in [9.17, 15) is 0 Å². The Hall–Kier alpha value is 1.16. The summed E-state index contributed by atoms with van der Waals surface area (Å²) in [5, 5.41) is 0. The average Bonchev–Trinajstić information content (AvgIpc) is 1.35. The van der Waals surface area contributed by atoms with Gasteiger partial charge in [0.2, 0.25) is 0 Å². The highest BCUT2D eigenvalue weighted by molar-refractivity contribution is 7.38. The van der Waals surface area contributed by atoms with E-state index in [1.165, 1.54) is 6.16 Å². The predicted octanol–water partition coefficient (Wildman–Crippen LogP) is -1.17. The van der Waals surface area contributed by atoms with Gasteiger partial charge >= 0.3 is 0 Å². The van der Waals surface area contributed by atoms with Gasteiger partial charge in [0.25, 0.3) is 0 Å². The third-order valence-electron chi connectivity index (χ3n) is 0.707. The number of halogens is 1. The van der Waals surface area contributed by atoms with Gasteiger partial charge in [0.05, 0.1) is 11.8 Å². The molecule has 46 valence electrons. The molecule has 0 aliphatic carbocycles. The van der Waals surface area contributed by atoms with Crippen LogP contribution in [0, 0.1) is 0 Å². The number of hydrogen-bond acceptors (Lipinski definition) is 0. The Morgan fingerprint density at radius 2 is 1.86 bits per heavy atom. The quantitative estimate of drug-likeness (QED) is 0.415. The van der Waals surface area contributed by atoms with Gasteiger partial charge in [-0.2, -0.15) is 0 Å². The standard InChI is InChI=1S/C5H13P.HI/c1-4-6-5(2)3;/h5-6H,4H2,1-3H3;1H. The molecule has 2 heteroatoms. The third-order valence-corrected chi connectivity index (χ3v) is 2.12. The highest BCUT2D eigenvalue weighted by atomic mass is 127. The van der Waals surface area contributed by atoms with Gasteiger partial charge in [0, 0.05) is 0 Å². The summed E-state index contributed by atoms with van der Waals surface area (Å²) in [7, 11) is 0.764. The first kappa shape index (κ1) is 11.0. The van der Waals surface area contributed by atoms with Crippen molar-refractivity contribution in [3.63, 3.8) is 0 Å². The smallest absolute Gasteiger partial charge is 0.0596 e. The topological polar surface area (TPSA) is 0 Å². The molecule has 0 nitrogen and oxygen atoms in total. The summed E-state index contributed by atoms with van der Waals surface area (Å²) in [6.07, 6.45) is 1.41. The Kier molecular flexibility index (Phi) is 11.3. The molecule has 0 rings (SSSR count). The highest BCUT2D eigenvalue weighted by Gasteiger charge is 1.92. The van der Waals surface area contributed by atoms with Crippen molar-refractivity contribution in [3.8, 4) is 0 Å². The van der Waals surface area contributed by atoms with Crippen molar-refractivity contribution in [1.82, 2.24) is 0 Å². The van der Waals surface area contributed by atoms with E-state index >= 15 is 0 Å². The van der Waals surface area contributed by atoms with E-state index in [-0.39, 0.29) is 24.0 Å². The largest absolute Gasteiger partial charge is 1.00 e. The second-order valence-corrected chi connectivity index (χ2v) is 4.51. The van der Waals surface area contributed by atoms with Crippen LogP contribution in [0.3, 0.4) is 0 Å². The van der Waals surface area contributed by atoms with E-state index in [1.54, 1.807) is 0 Å². The van der Waals surface area contributed by atoms with Gasteiger partial charge in [-0.3, -0.25) is 0 Å². The van der Waals surface area contributed by atoms with E-state index in [1.807, 2.05) is 0 Å². The van der Waals surface area contributed by atoms with Crippen LogP contribution in [0.1, 0.15) is 20.8 Å². The molecule has 0 N–H and O–H groups in total. The lowest BCUT2D eigenvalue weighted by atomic mass is 10.6. The molecule has 0 aromatic carbocycles. The van der Waals surface area contributed by atoms with Crippen LogP contribution < -0.4 is 24.0 Å². The molecule has 0 fully saturated rings. The summed E-state index contributed by atoms with van der Waals surface area (Å²) < 4.78 is 0. The minimum Gasteiger partial charge on any atom is -1.00 e. The molecular weight excluding hydrogens is 218 g/mol. The van der Waals surface area contributed by atoms with Crippen molar-refractivity contribution in [2.24, 2.45) is 0 Å². The summed E-state index contributed by atoms with van der Waals surface area (Å²) in [6.45, 7) is 6.84. The lowest BCUT2D eigenvalue weighted by Crippen LogP contribution is -3.00. The first-order valence-electron chi connectivity index (χ1n) is 2.60. The van der Waals surface area contributed by atoms with Crippen molar-refractivity contribution in [3.05, 3.63) is 0 Å². The molecule has 0 saturated carbocycles. The van der Waals surface area contributed by atoms with Crippen molar-refractivity contribution < 1.29 is 24.0 Å². The fraction of sp³-hybridized carbons (Fsp3) is 1.00. The molecule has 0 radical (unpaired) electrons. The molecule has 7 heavy (non-hydrogen) atoms. The SMILES string of the molecule is CC[PH2+]C(C)C.[I-]. The van der Waals surface area contributed by atoms with Crippen LogP contribution >= 0.6 is 8.58 Å². The first-order valence-corrected chi connectivity index (χ1v) is 4.09. The zero-order chi connectivity index (χ0) is 4.99. The van der Waals surface area contributed by atoms with E-state index in [4.69, 9.17) is 0 Å². The average molecular weight is 232 g/mol. The Balaban J connectivity index is 0. The van der Waals surface area contributed by atoms with Crippen LogP contribution in [-0.4, -0.2) is 11.8 Å². The Bertz CT molecular complexity index is 29.3.